The van der Waals surface area contributed by atoms with Gasteiger partial charge in [0.2, 0.25) is 0 Å². The molecule has 0 radical (unpaired) electrons. The van der Waals surface area contributed by atoms with E-state index in [0.29, 0.717) is 0 Å². The molecule has 0 aliphatic rings. The number of anilines is 5. The van der Waals surface area contributed by atoms with Gasteiger partial charge < -0.3 is 4.90 Å². The highest BCUT2D eigenvalue weighted by atomic mass is 15.5. The molecule has 6 rings (SSSR count). The molecule has 0 amide bonds. The molecule has 46 heavy (non-hydrogen) atoms. The predicted molar refractivity (Wildman–Crippen MR) is 198 cm³/mol. The monoisotopic (exact) mass is 597 g/mol. The van der Waals surface area contributed by atoms with Crippen LogP contribution < -0.4 is 9.91 Å². The number of hydrogen-bond acceptors (Lipinski definition) is 3. The van der Waals surface area contributed by atoms with Crippen LogP contribution in [0.2, 0.25) is 0 Å². The summed E-state index contributed by atoms with van der Waals surface area (Å²) in [4.78, 5) is 2.30. The Kier molecular flexibility index (Phi) is 9.22. The van der Waals surface area contributed by atoms with Crippen LogP contribution in [0.1, 0.15) is 38.9 Å². The molecule has 0 unspecified atom stereocenters. The number of aryl methyl sites for hydroxylation is 4. The normalized spacial score (nSPS) is 11.3. The Labute approximate surface area is 273 Å². The SMILES string of the molecule is Cc1ccc(N(/N=C\c2ccc(/C=C/c3ccc(N(c4ccc(C)cc4)c4ccc(C)cc4)cc3)cc2)c2ccc(C)cc2)cc1. The van der Waals surface area contributed by atoms with Gasteiger partial charge in [0.15, 0.2) is 0 Å². The Morgan fingerprint density at radius 3 is 1.00 bits per heavy atom. The lowest BCUT2D eigenvalue weighted by molar-refractivity contribution is 1.09. The van der Waals surface area contributed by atoms with Crippen LogP contribution in [0.5, 0.6) is 0 Å². The molecule has 0 heterocycles. The lowest BCUT2D eigenvalue weighted by Gasteiger charge is -2.25. The molecule has 0 aromatic heterocycles. The quantitative estimate of drug-likeness (QED) is 0.0938. The van der Waals surface area contributed by atoms with E-state index in [9.17, 15) is 0 Å². The van der Waals surface area contributed by atoms with E-state index in [2.05, 4.69) is 190 Å². The summed E-state index contributed by atoms with van der Waals surface area (Å²) in [5.41, 5.74) is 13.7. The fraction of sp³-hybridized carbons (Fsp3) is 0.0930. The predicted octanol–water partition coefficient (Wildman–Crippen LogP) is 11.7. The molecule has 0 aliphatic heterocycles. The summed E-state index contributed by atoms with van der Waals surface area (Å²) in [5.74, 6) is 0. The first-order chi connectivity index (χ1) is 22.4. The Morgan fingerprint density at radius 1 is 0.348 bits per heavy atom. The smallest absolute Gasteiger partial charge is 0.0652 e. The molecular weight excluding hydrogens is 558 g/mol. The van der Waals surface area contributed by atoms with Gasteiger partial charge >= 0.3 is 0 Å². The standard InChI is InChI=1S/C43H39N3/c1-32-5-21-39(22-6-32)45(40-23-7-33(2)8-24-40)41-29-19-37(20-30-41)14-13-36-15-17-38(18-16-36)31-44-46(42-25-9-34(3)10-26-42)43-27-11-35(4)12-28-43/h5-31H,1-4H3/b14-13+,44-31-. The largest absolute Gasteiger partial charge is 0.311 e. The van der Waals surface area contributed by atoms with Crippen LogP contribution in [-0.2, 0) is 0 Å². The van der Waals surface area contributed by atoms with Crippen LogP contribution >= 0.6 is 0 Å². The summed E-state index contributed by atoms with van der Waals surface area (Å²) in [6, 6.07) is 51.5. The molecule has 6 aromatic carbocycles. The third-order valence-corrected chi connectivity index (χ3v) is 8.02. The van der Waals surface area contributed by atoms with Crippen LogP contribution in [0.4, 0.5) is 28.4 Å². The third-order valence-electron chi connectivity index (χ3n) is 8.02. The van der Waals surface area contributed by atoms with E-state index in [1.165, 1.54) is 22.3 Å². The third kappa shape index (κ3) is 7.51. The lowest BCUT2D eigenvalue weighted by atomic mass is 10.1. The fourth-order valence-electron chi connectivity index (χ4n) is 5.23. The molecule has 0 N–H and O–H groups in total. The number of benzene rings is 6. The van der Waals surface area contributed by atoms with E-state index in [1.807, 2.05) is 11.2 Å². The number of rotatable bonds is 9. The minimum absolute atomic E-state index is 1.03. The average molecular weight is 598 g/mol. The number of hydrazone groups is 1. The van der Waals surface area contributed by atoms with Crippen LogP contribution in [-0.4, -0.2) is 6.21 Å². The van der Waals surface area contributed by atoms with E-state index in [-0.39, 0.29) is 0 Å². The van der Waals surface area contributed by atoms with Gasteiger partial charge in [-0.25, -0.2) is 5.01 Å². The molecular formula is C43H39N3. The average Bonchev–Trinajstić information content (AvgIpc) is 3.08. The molecule has 0 atom stereocenters. The lowest BCUT2D eigenvalue weighted by Crippen LogP contribution is -2.09. The first-order valence-electron chi connectivity index (χ1n) is 15.7. The number of nitrogens with zero attached hydrogens (tertiary/aromatic N) is 3. The van der Waals surface area contributed by atoms with E-state index in [4.69, 9.17) is 5.10 Å². The minimum Gasteiger partial charge on any atom is -0.311 e. The van der Waals surface area contributed by atoms with Crippen LogP contribution in [0.3, 0.4) is 0 Å². The van der Waals surface area contributed by atoms with Crippen molar-refractivity contribution in [2.75, 3.05) is 9.91 Å². The van der Waals surface area contributed by atoms with E-state index >= 15 is 0 Å². The second-order valence-electron chi connectivity index (χ2n) is 11.8. The first kappa shape index (κ1) is 30.4. The summed E-state index contributed by atoms with van der Waals surface area (Å²) >= 11 is 0. The van der Waals surface area contributed by atoms with Crippen molar-refractivity contribution in [2.24, 2.45) is 5.10 Å². The van der Waals surface area contributed by atoms with Crippen molar-refractivity contribution < 1.29 is 0 Å². The highest BCUT2D eigenvalue weighted by Crippen LogP contribution is 2.35. The maximum Gasteiger partial charge on any atom is 0.0652 e. The molecule has 6 aromatic rings. The second-order valence-corrected chi connectivity index (χ2v) is 11.8. The van der Waals surface area contributed by atoms with Gasteiger partial charge in [0.05, 0.1) is 17.6 Å². The molecule has 3 heteroatoms. The summed E-state index contributed by atoms with van der Waals surface area (Å²) in [6.07, 6.45) is 6.23. The van der Waals surface area contributed by atoms with Crippen LogP contribution in [0.25, 0.3) is 12.2 Å². The highest BCUT2D eigenvalue weighted by molar-refractivity contribution is 5.83. The Bertz CT molecular complexity index is 1820. The van der Waals surface area contributed by atoms with Gasteiger partial charge in [-0.1, -0.05) is 119 Å². The molecule has 0 fully saturated rings. The molecule has 0 spiro atoms. The second kappa shape index (κ2) is 14.0. The molecule has 0 saturated heterocycles. The van der Waals surface area contributed by atoms with Crippen molar-refractivity contribution in [2.45, 2.75) is 27.7 Å². The van der Waals surface area contributed by atoms with Crippen molar-refractivity contribution in [3.05, 3.63) is 185 Å². The van der Waals surface area contributed by atoms with Crippen LogP contribution in [0, 0.1) is 27.7 Å². The van der Waals surface area contributed by atoms with Gasteiger partial charge in [-0.2, -0.15) is 5.10 Å². The van der Waals surface area contributed by atoms with Gasteiger partial charge in [-0.15, -0.1) is 0 Å². The first-order valence-corrected chi connectivity index (χ1v) is 15.7. The van der Waals surface area contributed by atoms with Crippen molar-refractivity contribution >= 4 is 46.8 Å². The number of hydrogen-bond donors (Lipinski definition) is 0. The fourth-order valence-corrected chi connectivity index (χ4v) is 5.23. The van der Waals surface area contributed by atoms with Crippen molar-refractivity contribution in [3.8, 4) is 0 Å². The van der Waals surface area contributed by atoms with Crippen molar-refractivity contribution in [1.29, 1.82) is 0 Å². The van der Waals surface area contributed by atoms with E-state index in [1.54, 1.807) is 0 Å². The van der Waals surface area contributed by atoms with Gasteiger partial charge in [0.1, 0.15) is 0 Å². The zero-order chi connectivity index (χ0) is 31.9. The van der Waals surface area contributed by atoms with Gasteiger partial charge in [-0.05, 0) is 105 Å². The van der Waals surface area contributed by atoms with E-state index in [0.717, 1.165) is 45.1 Å². The van der Waals surface area contributed by atoms with Crippen molar-refractivity contribution in [3.63, 3.8) is 0 Å². The van der Waals surface area contributed by atoms with E-state index < -0.39 is 0 Å². The molecule has 0 bridgehead atoms. The van der Waals surface area contributed by atoms with Crippen molar-refractivity contribution in [1.82, 2.24) is 0 Å². The minimum atomic E-state index is 1.03. The van der Waals surface area contributed by atoms with Gasteiger partial charge in [0.25, 0.3) is 0 Å². The maximum atomic E-state index is 4.88. The molecule has 0 saturated carbocycles. The Morgan fingerprint density at radius 2 is 0.630 bits per heavy atom. The molecule has 226 valence electrons. The highest BCUT2D eigenvalue weighted by Gasteiger charge is 2.12. The Balaban J connectivity index is 1.17. The van der Waals surface area contributed by atoms with Crippen LogP contribution in [0.15, 0.2) is 151 Å². The summed E-state index contributed by atoms with van der Waals surface area (Å²) in [5, 5.41) is 6.86. The molecule has 3 nitrogen and oxygen atoms in total. The zero-order valence-electron chi connectivity index (χ0n) is 26.9. The topological polar surface area (TPSA) is 18.8 Å². The Hall–Kier alpha value is -5.67. The maximum absolute atomic E-state index is 4.88. The summed E-state index contributed by atoms with van der Waals surface area (Å²) < 4.78 is 0. The zero-order valence-corrected chi connectivity index (χ0v) is 26.9. The van der Waals surface area contributed by atoms with Gasteiger partial charge in [-0.3, -0.25) is 0 Å². The summed E-state index contributed by atoms with van der Waals surface area (Å²) in [6.45, 7) is 8.44. The summed E-state index contributed by atoms with van der Waals surface area (Å²) in [7, 11) is 0. The van der Waals surface area contributed by atoms with Gasteiger partial charge in [0, 0.05) is 17.1 Å². The molecule has 0 aliphatic carbocycles.